The second kappa shape index (κ2) is 15.6. The normalized spacial score (nSPS) is 7.29. The van der Waals surface area contributed by atoms with Crippen molar-refractivity contribution in [2.24, 2.45) is 0 Å². The van der Waals surface area contributed by atoms with Gasteiger partial charge in [0, 0.05) is 13.2 Å². The minimum Gasteiger partial charge on any atom is -1.00 e. The maximum Gasteiger partial charge on any atom is 2.00 e. The minimum atomic E-state index is 0. The van der Waals surface area contributed by atoms with Crippen LogP contribution in [0.3, 0.4) is 0 Å². The van der Waals surface area contributed by atoms with E-state index in [1.807, 2.05) is 44.2 Å². The van der Waals surface area contributed by atoms with E-state index >= 15 is 0 Å². The Balaban J connectivity index is -0.000000159. The summed E-state index contributed by atoms with van der Waals surface area (Å²) >= 11 is 0. The third kappa shape index (κ3) is 14.6. The van der Waals surface area contributed by atoms with Crippen molar-refractivity contribution in [2.45, 2.75) is 13.8 Å². The summed E-state index contributed by atoms with van der Waals surface area (Å²) in [6, 6.07) is 9.87. The van der Waals surface area contributed by atoms with Crippen molar-refractivity contribution < 1.29 is 17.1 Å². The molecule has 0 aromatic heterocycles. The second-order valence-corrected chi connectivity index (χ2v) is 2.27. The molecule has 0 amide bonds. The molecule has 0 aliphatic carbocycles. The Morgan fingerprint density at radius 2 is 1.50 bits per heavy atom. The van der Waals surface area contributed by atoms with Crippen molar-refractivity contribution in [2.75, 3.05) is 13.2 Å². The first-order chi connectivity index (χ1) is 5.81. The summed E-state index contributed by atoms with van der Waals surface area (Å²) in [5, 5.41) is 0. The molecule has 76 valence electrons. The average molecular weight is 225 g/mol. The molecule has 0 N–H and O–H groups in total. The number of ether oxygens (including phenoxy) is 1. The zero-order valence-corrected chi connectivity index (χ0v) is 11.2. The van der Waals surface area contributed by atoms with E-state index in [2.05, 4.69) is 6.92 Å². The zero-order valence-electron chi connectivity index (χ0n) is 9.00. The largest absolute Gasteiger partial charge is 2.00 e. The molecule has 0 saturated carbocycles. The number of halogens is 1. The van der Waals surface area contributed by atoms with Crippen molar-refractivity contribution in [3.05, 3.63) is 42.8 Å². The molecule has 0 bridgehead atoms. The van der Waals surface area contributed by atoms with Gasteiger partial charge in [-0.2, -0.15) is 24.6 Å². The molecule has 0 saturated heterocycles. The summed E-state index contributed by atoms with van der Waals surface area (Å²) in [7, 11) is 0. The first-order valence-corrected chi connectivity index (χ1v) is 4.26. The van der Waals surface area contributed by atoms with Crippen molar-refractivity contribution >= 4 is 23.1 Å². The van der Waals surface area contributed by atoms with Crippen LogP contribution in [0.1, 0.15) is 19.4 Å². The van der Waals surface area contributed by atoms with Gasteiger partial charge < -0.3 is 17.1 Å². The predicted molar refractivity (Wildman–Crippen MR) is 58.8 cm³/mol. The number of rotatable bonds is 2. The van der Waals surface area contributed by atoms with Crippen molar-refractivity contribution in [3.63, 3.8) is 0 Å². The molecule has 0 fully saturated rings. The predicted octanol–water partition coefficient (Wildman–Crippen LogP) is -0.465. The van der Waals surface area contributed by atoms with Gasteiger partial charge in [-0.05, 0) is 13.8 Å². The summed E-state index contributed by atoms with van der Waals surface area (Å²) in [5.41, 5.74) is 1.07. The number of benzene rings is 1. The van der Waals surface area contributed by atoms with Crippen LogP contribution >= 0.6 is 0 Å². The van der Waals surface area contributed by atoms with Crippen LogP contribution in [-0.2, 0) is 4.74 Å². The molecule has 0 unspecified atom stereocenters. The summed E-state index contributed by atoms with van der Waals surface area (Å²) in [4.78, 5) is 0. The van der Waals surface area contributed by atoms with Crippen LogP contribution in [-0.4, -0.2) is 36.3 Å². The fourth-order valence-corrected chi connectivity index (χ4v) is 0.682. The molecule has 1 nitrogen and oxygen atoms in total. The Morgan fingerprint density at radius 1 is 1.07 bits per heavy atom. The molecule has 1 aromatic rings. The first-order valence-electron chi connectivity index (χ1n) is 4.26. The molecular formula is C11H17ClMgO. The Labute approximate surface area is 110 Å². The van der Waals surface area contributed by atoms with Gasteiger partial charge in [0.15, 0.2) is 0 Å². The van der Waals surface area contributed by atoms with E-state index in [1.54, 1.807) is 0 Å². The molecule has 0 spiro atoms. The van der Waals surface area contributed by atoms with Crippen LogP contribution < -0.4 is 12.4 Å². The van der Waals surface area contributed by atoms with Gasteiger partial charge in [0.1, 0.15) is 0 Å². The van der Waals surface area contributed by atoms with Crippen LogP contribution in [0.4, 0.5) is 0 Å². The third-order valence-electron chi connectivity index (χ3n) is 1.25. The smallest absolute Gasteiger partial charge is 1.00 e. The van der Waals surface area contributed by atoms with Crippen LogP contribution in [0, 0.1) is 6.92 Å². The quantitative estimate of drug-likeness (QED) is 0.488. The molecule has 1 aromatic carbocycles. The average Bonchev–Trinajstić information content (AvgIpc) is 2.08. The van der Waals surface area contributed by atoms with E-state index in [9.17, 15) is 0 Å². The second-order valence-electron chi connectivity index (χ2n) is 2.27. The molecule has 0 aliphatic rings. The van der Waals surface area contributed by atoms with Crippen LogP contribution in [0.25, 0.3) is 0 Å². The van der Waals surface area contributed by atoms with E-state index in [4.69, 9.17) is 4.74 Å². The molecule has 1 rings (SSSR count). The monoisotopic (exact) mass is 224 g/mol. The van der Waals surface area contributed by atoms with Gasteiger partial charge in [-0.3, -0.25) is 0 Å². The standard InChI is InChI=1S/C7H7.C4H10O.ClH.Mg/c1-7-5-3-2-4-6-7;1-3-5-4-2;;/h2-6H,1H2;3-4H2,1-2H3;1H;/q-1;;;+2/p-1. The Hall–Kier alpha value is 0.106. The summed E-state index contributed by atoms with van der Waals surface area (Å²) in [5.74, 6) is 0. The maximum atomic E-state index is 4.83. The summed E-state index contributed by atoms with van der Waals surface area (Å²) in [6.45, 7) is 9.39. The van der Waals surface area contributed by atoms with Crippen molar-refractivity contribution in [1.29, 1.82) is 0 Å². The van der Waals surface area contributed by atoms with E-state index in [0.29, 0.717) is 0 Å². The van der Waals surface area contributed by atoms with Gasteiger partial charge >= 0.3 is 23.1 Å². The first kappa shape index (κ1) is 19.6. The maximum absolute atomic E-state index is 4.83. The van der Waals surface area contributed by atoms with Crippen molar-refractivity contribution in [1.82, 2.24) is 0 Å². The van der Waals surface area contributed by atoms with Gasteiger partial charge in [-0.15, -0.1) is 12.1 Å². The summed E-state index contributed by atoms with van der Waals surface area (Å²) < 4.78 is 4.83. The van der Waals surface area contributed by atoms with Crippen molar-refractivity contribution in [3.8, 4) is 0 Å². The fourth-order valence-electron chi connectivity index (χ4n) is 0.682. The minimum absolute atomic E-state index is 0. The molecule has 0 aliphatic heterocycles. The Bertz CT molecular complexity index is 178. The fraction of sp³-hybridized carbons (Fsp3) is 0.364. The molecule has 0 heterocycles. The SMILES string of the molecule is CCOCC.[CH2-]c1ccccc1.[Cl-].[Mg+2]. The Morgan fingerprint density at radius 3 is 1.64 bits per heavy atom. The van der Waals surface area contributed by atoms with Crippen LogP contribution in [0.5, 0.6) is 0 Å². The van der Waals surface area contributed by atoms with Gasteiger partial charge in [-0.25, -0.2) is 0 Å². The van der Waals surface area contributed by atoms with E-state index < -0.39 is 0 Å². The van der Waals surface area contributed by atoms with Crippen LogP contribution in [0.15, 0.2) is 30.3 Å². The van der Waals surface area contributed by atoms with Gasteiger partial charge in [-0.1, -0.05) is 6.07 Å². The topological polar surface area (TPSA) is 9.23 Å². The Kier molecular flexibility index (Phi) is 21.9. The molecule has 3 heteroatoms. The zero-order chi connectivity index (χ0) is 9.23. The van der Waals surface area contributed by atoms with E-state index in [1.165, 1.54) is 0 Å². The summed E-state index contributed by atoms with van der Waals surface area (Å²) in [6.07, 6.45) is 0. The molecule has 0 atom stereocenters. The van der Waals surface area contributed by atoms with Gasteiger partial charge in [0.2, 0.25) is 0 Å². The van der Waals surface area contributed by atoms with Gasteiger partial charge in [0.05, 0.1) is 0 Å². The van der Waals surface area contributed by atoms with E-state index in [-0.39, 0.29) is 35.5 Å². The molecular weight excluding hydrogens is 208 g/mol. The number of hydrogen-bond acceptors (Lipinski definition) is 1. The number of hydrogen-bond donors (Lipinski definition) is 0. The molecule has 14 heavy (non-hydrogen) atoms. The van der Waals surface area contributed by atoms with Gasteiger partial charge in [0.25, 0.3) is 0 Å². The van der Waals surface area contributed by atoms with Crippen LogP contribution in [0.2, 0.25) is 0 Å². The van der Waals surface area contributed by atoms with E-state index in [0.717, 1.165) is 18.8 Å². The molecule has 0 radical (unpaired) electrons. The third-order valence-corrected chi connectivity index (χ3v) is 1.25.